The van der Waals surface area contributed by atoms with Gasteiger partial charge < -0.3 is 11.1 Å². The Morgan fingerprint density at radius 1 is 1.47 bits per heavy atom. The number of pyridine rings is 1. The first-order chi connectivity index (χ1) is 7.22. The predicted octanol–water partition coefficient (Wildman–Crippen LogP) is 1.46. The molecule has 0 aliphatic carbocycles. The maximum Gasteiger partial charge on any atom is 0.224 e. The van der Waals surface area contributed by atoms with Crippen molar-refractivity contribution in [3.8, 4) is 0 Å². The quantitative estimate of drug-likeness (QED) is 0.718. The molecule has 4 nitrogen and oxygen atoms in total. The lowest BCUT2D eigenvalue weighted by Gasteiger charge is -2.04. The van der Waals surface area contributed by atoms with Gasteiger partial charge in [-0.3, -0.25) is 9.78 Å². The molecular formula is C11H17N3O. The number of hydrogen-bond acceptors (Lipinski definition) is 3. The number of nitrogens with one attached hydrogen (secondary N) is 1. The van der Waals surface area contributed by atoms with Crippen molar-refractivity contribution in [2.24, 2.45) is 5.73 Å². The lowest BCUT2D eigenvalue weighted by molar-refractivity contribution is -0.116. The molecule has 15 heavy (non-hydrogen) atoms. The van der Waals surface area contributed by atoms with Crippen LogP contribution in [0.5, 0.6) is 0 Å². The van der Waals surface area contributed by atoms with Crippen LogP contribution in [0.1, 0.15) is 24.8 Å². The third kappa shape index (κ3) is 4.56. The number of hydrogen-bond donors (Lipinski definition) is 2. The summed E-state index contributed by atoms with van der Waals surface area (Å²) in [6.07, 6.45) is 5.64. The molecular weight excluding hydrogens is 190 g/mol. The number of aryl methyl sites for hydroxylation is 1. The van der Waals surface area contributed by atoms with Crippen molar-refractivity contribution >= 4 is 11.6 Å². The first-order valence-electron chi connectivity index (χ1n) is 5.14. The van der Waals surface area contributed by atoms with Crippen molar-refractivity contribution in [3.63, 3.8) is 0 Å². The number of nitrogens with zero attached hydrogens (tertiary/aromatic N) is 1. The van der Waals surface area contributed by atoms with E-state index in [4.69, 9.17) is 5.73 Å². The standard InChI is InChI=1S/C11H17N3O/c1-9-6-10(8-13-7-9)14-11(15)4-2-3-5-12/h6-8H,2-5,12H2,1H3,(H,14,15). The Hall–Kier alpha value is -1.42. The van der Waals surface area contributed by atoms with Gasteiger partial charge in [-0.2, -0.15) is 0 Å². The second kappa shape index (κ2) is 6.14. The van der Waals surface area contributed by atoms with Crippen LogP contribution < -0.4 is 11.1 Å². The van der Waals surface area contributed by atoms with Crippen LogP contribution in [-0.2, 0) is 4.79 Å². The lowest BCUT2D eigenvalue weighted by atomic mass is 10.2. The first-order valence-corrected chi connectivity index (χ1v) is 5.14. The van der Waals surface area contributed by atoms with Crippen molar-refractivity contribution < 1.29 is 4.79 Å². The molecule has 1 rings (SSSR count). The van der Waals surface area contributed by atoms with Crippen LogP contribution in [0.15, 0.2) is 18.5 Å². The number of nitrogens with two attached hydrogens (primary N) is 1. The zero-order valence-corrected chi connectivity index (χ0v) is 8.99. The van der Waals surface area contributed by atoms with Crippen LogP contribution in [0.3, 0.4) is 0 Å². The molecule has 0 aliphatic rings. The van der Waals surface area contributed by atoms with Gasteiger partial charge in [0, 0.05) is 12.6 Å². The van der Waals surface area contributed by atoms with Gasteiger partial charge in [0.1, 0.15) is 0 Å². The smallest absolute Gasteiger partial charge is 0.224 e. The van der Waals surface area contributed by atoms with Gasteiger partial charge in [-0.25, -0.2) is 0 Å². The van der Waals surface area contributed by atoms with E-state index in [1.165, 1.54) is 0 Å². The van der Waals surface area contributed by atoms with E-state index in [0.29, 0.717) is 13.0 Å². The number of amides is 1. The Balaban J connectivity index is 2.37. The summed E-state index contributed by atoms with van der Waals surface area (Å²) in [7, 11) is 0. The number of rotatable bonds is 5. The topological polar surface area (TPSA) is 68.0 Å². The monoisotopic (exact) mass is 207 g/mol. The van der Waals surface area contributed by atoms with Crippen LogP contribution in [0, 0.1) is 6.92 Å². The third-order valence-corrected chi connectivity index (χ3v) is 2.02. The van der Waals surface area contributed by atoms with E-state index in [1.807, 2.05) is 13.0 Å². The molecule has 0 radical (unpaired) electrons. The summed E-state index contributed by atoms with van der Waals surface area (Å²) in [5.74, 6) is 0.0239. The highest BCUT2D eigenvalue weighted by molar-refractivity contribution is 5.90. The van der Waals surface area contributed by atoms with Gasteiger partial charge in [-0.1, -0.05) is 0 Å². The Bertz CT molecular complexity index is 325. The maximum atomic E-state index is 11.4. The minimum atomic E-state index is 0.0239. The number of anilines is 1. The molecule has 82 valence electrons. The number of aromatic nitrogens is 1. The van der Waals surface area contributed by atoms with E-state index in [1.54, 1.807) is 12.4 Å². The van der Waals surface area contributed by atoms with Gasteiger partial charge in [0.2, 0.25) is 5.91 Å². The van der Waals surface area contributed by atoms with E-state index >= 15 is 0 Å². The summed E-state index contributed by atoms with van der Waals surface area (Å²) in [5, 5.41) is 2.80. The average molecular weight is 207 g/mol. The lowest BCUT2D eigenvalue weighted by Crippen LogP contribution is -2.12. The highest BCUT2D eigenvalue weighted by atomic mass is 16.1. The molecule has 1 amide bonds. The van der Waals surface area contributed by atoms with Crippen LogP contribution in [0.25, 0.3) is 0 Å². The van der Waals surface area contributed by atoms with Gasteiger partial charge in [0.05, 0.1) is 11.9 Å². The Labute approximate surface area is 89.9 Å². The van der Waals surface area contributed by atoms with Crippen molar-refractivity contribution in [1.82, 2.24) is 4.98 Å². The van der Waals surface area contributed by atoms with Gasteiger partial charge >= 0.3 is 0 Å². The number of unbranched alkanes of at least 4 members (excludes halogenated alkanes) is 1. The molecule has 1 aromatic heterocycles. The molecule has 0 aliphatic heterocycles. The van der Waals surface area contributed by atoms with E-state index in [0.717, 1.165) is 24.1 Å². The molecule has 4 heteroatoms. The van der Waals surface area contributed by atoms with E-state index in [9.17, 15) is 4.79 Å². The summed E-state index contributed by atoms with van der Waals surface area (Å²) < 4.78 is 0. The maximum absolute atomic E-state index is 11.4. The fraction of sp³-hybridized carbons (Fsp3) is 0.455. The van der Waals surface area contributed by atoms with E-state index in [-0.39, 0.29) is 5.91 Å². The summed E-state index contributed by atoms with van der Waals surface area (Å²) in [6.45, 7) is 2.58. The normalized spacial score (nSPS) is 10.0. The highest BCUT2D eigenvalue weighted by Crippen LogP contribution is 2.08. The molecule has 0 spiro atoms. The molecule has 0 fully saturated rings. The van der Waals surface area contributed by atoms with Crippen LogP contribution in [-0.4, -0.2) is 17.4 Å². The average Bonchev–Trinajstić information content (AvgIpc) is 2.18. The minimum Gasteiger partial charge on any atom is -0.330 e. The van der Waals surface area contributed by atoms with Gasteiger partial charge in [0.25, 0.3) is 0 Å². The molecule has 0 saturated carbocycles. The number of carbonyl (C=O) groups excluding carboxylic acids is 1. The molecule has 0 saturated heterocycles. The van der Waals surface area contributed by atoms with E-state index < -0.39 is 0 Å². The molecule has 1 aromatic rings. The summed E-state index contributed by atoms with van der Waals surface area (Å²) in [6, 6.07) is 1.90. The molecule has 0 unspecified atom stereocenters. The van der Waals surface area contributed by atoms with Crippen molar-refractivity contribution in [3.05, 3.63) is 24.0 Å². The van der Waals surface area contributed by atoms with Gasteiger partial charge in [-0.05, 0) is 37.9 Å². The molecule has 3 N–H and O–H groups in total. The van der Waals surface area contributed by atoms with Gasteiger partial charge in [-0.15, -0.1) is 0 Å². The second-order valence-corrected chi connectivity index (χ2v) is 3.54. The fourth-order valence-corrected chi connectivity index (χ4v) is 1.28. The third-order valence-electron chi connectivity index (χ3n) is 2.02. The van der Waals surface area contributed by atoms with Crippen LogP contribution >= 0.6 is 0 Å². The van der Waals surface area contributed by atoms with Gasteiger partial charge in [0.15, 0.2) is 0 Å². The Kier molecular flexibility index (Phi) is 4.77. The summed E-state index contributed by atoms with van der Waals surface area (Å²) in [4.78, 5) is 15.4. The Morgan fingerprint density at radius 3 is 2.93 bits per heavy atom. The number of carbonyl (C=O) groups is 1. The van der Waals surface area contributed by atoms with Crippen molar-refractivity contribution in [2.75, 3.05) is 11.9 Å². The largest absolute Gasteiger partial charge is 0.330 e. The molecule has 1 heterocycles. The molecule has 0 bridgehead atoms. The highest BCUT2D eigenvalue weighted by Gasteiger charge is 2.01. The fourth-order valence-electron chi connectivity index (χ4n) is 1.28. The van der Waals surface area contributed by atoms with Crippen LogP contribution in [0.4, 0.5) is 5.69 Å². The summed E-state index contributed by atoms with van der Waals surface area (Å²) >= 11 is 0. The molecule has 0 atom stereocenters. The zero-order chi connectivity index (χ0) is 11.1. The van der Waals surface area contributed by atoms with Crippen molar-refractivity contribution in [1.29, 1.82) is 0 Å². The zero-order valence-electron chi connectivity index (χ0n) is 8.99. The second-order valence-electron chi connectivity index (χ2n) is 3.54. The van der Waals surface area contributed by atoms with Crippen LogP contribution in [0.2, 0.25) is 0 Å². The minimum absolute atomic E-state index is 0.0239. The van der Waals surface area contributed by atoms with E-state index in [2.05, 4.69) is 10.3 Å². The Morgan fingerprint density at radius 2 is 2.27 bits per heavy atom. The predicted molar refractivity (Wildman–Crippen MR) is 60.5 cm³/mol. The first kappa shape index (κ1) is 11.7. The SMILES string of the molecule is Cc1cncc(NC(=O)CCCCN)c1. The molecule has 0 aromatic carbocycles. The van der Waals surface area contributed by atoms with Crippen molar-refractivity contribution in [2.45, 2.75) is 26.2 Å². The summed E-state index contributed by atoms with van der Waals surface area (Å²) in [5.41, 5.74) is 7.14.